The van der Waals surface area contributed by atoms with Gasteiger partial charge in [-0.15, -0.1) is 0 Å². The number of nitrogens with one attached hydrogen (secondary N) is 1. The molecule has 32 heavy (non-hydrogen) atoms. The van der Waals surface area contributed by atoms with Crippen LogP contribution in [0.15, 0.2) is 22.7 Å². The number of aromatic nitrogens is 1. The zero-order valence-corrected chi connectivity index (χ0v) is 19.9. The van der Waals surface area contributed by atoms with Crippen molar-refractivity contribution in [3.63, 3.8) is 0 Å². The van der Waals surface area contributed by atoms with Crippen molar-refractivity contribution in [3.05, 3.63) is 46.3 Å². The Kier molecular flexibility index (Phi) is 7.75. The maximum absolute atomic E-state index is 12.8. The molecule has 1 aliphatic carbocycles. The number of aliphatic carboxylic acids is 1. The summed E-state index contributed by atoms with van der Waals surface area (Å²) in [5.74, 6) is 0.982. The van der Waals surface area contributed by atoms with E-state index < -0.39 is 11.9 Å². The molecule has 1 saturated carbocycles. The summed E-state index contributed by atoms with van der Waals surface area (Å²) in [6, 6.07) is 5.83. The highest BCUT2D eigenvalue weighted by atomic mass is 16.5. The fourth-order valence-corrected chi connectivity index (χ4v) is 5.00. The Labute approximate surface area is 190 Å². The van der Waals surface area contributed by atoms with E-state index >= 15 is 0 Å². The van der Waals surface area contributed by atoms with Gasteiger partial charge in [0.15, 0.2) is 0 Å². The number of carboxylic acids is 1. The van der Waals surface area contributed by atoms with Crippen LogP contribution >= 0.6 is 0 Å². The summed E-state index contributed by atoms with van der Waals surface area (Å²) in [4.78, 5) is 24.4. The predicted molar refractivity (Wildman–Crippen MR) is 125 cm³/mol. The van der Waals surface area contributed by atoms with Crippen LogP contribution in [0, 0.1) is 25.7 Å². The molecule has 1 aromatic heterocycles. The number of nitrogens with zero attached hydrogens (tertiary/aromatic N) is 1. The SMILES string of the molecule is CCc1c([C@@H](CC(=O)O)CC(=O)Nc2ccc(C)cc2C)noc1C1CC(CC(C)C)C1. The van der Waals surface area contributed by atoms with Crippen molar-refractivity contribution in [1.29, 1.82) is 0 Å². The fraction of sp³-hybridized carbons (Fsp3) is 0.577. The average Bonchev–Trinajstić information content (AvgIpc) is 3.09. The molecule has 0 radical (unpaired) electrons. The molecule has 2 N–H and O–H groups in total. The summed E-state index contributed by atoms with van der Waals surface area (Å²) < 4.78 is 5.76. The van der Waals surface area contributed by atoms with E-state index in [9.17, 15) is 14.7 Å². The fourth-order valence-electron chi connectivity index (χ4n) is 5.00. The molecule has 0 saturated heterocycles. The van der Waals surface area contributed by atoms with Gasteiger partial charge in [0.25, 0.3) is 0 Å². The van der Waals surface area contributed by atoms with Crippen LogP contribution in [0.25, 0.3) is 0 Å². The summed E-state index contributed by atoms with van der Waals surface area (Å²) in [5.41, 5.74) is 4.47. The second kappa shape index (κ2) is 10.3. The molecular weight excluding hydrogens is 404 g/mol. The Morgan fingerprint density at radius 3 is 2.53 bits per heavy atom. The van der Waals surface area contributed by atoms with Crippen LogP contribution in [-0.2, 0) is 16.0 Å². The lowest BCUT2D eigenvalue weighted by Crippen LogP contribution is -2.24. The Morgan fingerprint density at radius 1 is 1.22 bits per heavy atom. The van der Waals surface area contributed by atoms with E-state index in [1.807, 2.05) is 39.0 Å². The van der Waals surface area contributed by atoms with E-state index in [0.717, 1.165) is 46.9 Å². The van der Waals surface area contributed by atoms with Crippen LogP contribution in [0.5, 0.6) is 0 Å². The number of hydrogen-bond donors (Lipinski definition) is 2. The van der Waals surface area contributed by atoms with Gasteiger partial charge >= 0.3 is 5.97 Å². The van der Waals surface area contributed by atoms with E-state index in [4.69, 9.17) is 4.52 Å². The van der Waals surface area contributed by atoms with Gasteiger partial charge in [-0.2, -0.15) is 0 Å². The monoisotopic (exact) mass is 440 g/mol. The van der Waals surface area contributed by atoms with Crippen LogP contribution in [0.4, 0.5) is 5.69 Å². The number of aryl methyl sites for hydroxylation is 2. The molecule has 0 unspecified atom stereocenters. The van der Waals surface area contributed by atoms with Crippen molar-refractivity contribution in [1.82, 2.24) is 5.16 Å². The number of hydrogen-bond acceptors (Lipinski definition) is 4. The maximum Gasteiger partial charge on any atom is 0.304 e. The molecular formula is C26H36N2O4. The smallest absolute Gasteiger partial charge is 0.304 e. The predicted octanol–water partition coefficient (Wildman–Crippen LogP) is 5.98. The molecule has 1 heterocycles. The van der Waals surface area contributed by atoms with Gasteiger partial charge in [0.2, 0.25) is 5.91 Å². The molecule has 0 spiro atoms. The summed E-state index contributed by atoms with van der Waals surface area (Å²) >= 11 is 0. The summed E-state index contributed by atoms with van der Waals surface area (Å²) in [6.45, 7) is 10.5. The van der Waals surface area contributed by atoms with Gasteiger partial charge in [0.1, 0.15) is 5.76 Å². The number of carboxylic acid groups (broad SMARTS) is 1. The minimum atomic E-state index is -0.943. The Balaban J connectivity index is 1.75. The minimum Gasteiger partial charge on any atom is -0.481 e. The van der Waals surface area contributed by atoms with Gasteiger partial charge in [-0.3, -0.25) is 9.59 Å². The Morgan fingerprint density at radius 2 is 1.94 bits per heavy atom. The first-order chi connectivity index (χ1) is 15.2. The molecule has 6 heteroatoms. The molecule has 174 valence electrons. The van der Waals surface area contributed by atoms with Crippen LogP contribution in [0.1, 0.15) is 92.9 Å². The first kappa shape index (κ1) is 24.0. The standard InChI is InChI=1S/C26H36N2O4/c1-6-21-25(28-32-26(21)20-11-18(12-20)9-15(2)3)19(14-24(30)31)13-23(29)27-22-8-7-16(4)10-17(22)5/h7-8,10,15,18-20H,6,9,11-14H2,1-5H3,(H,27,29)(H,30,31)/t18?,19-,20?/m1/s1. The van der Waals surface area contributed by atoms with Crippen LogP contribution in [0.3, 0.4) is 0 Å². The molecule has 1 atom stereocenters. The topological polar surface area (TPSA) is 92.4 Å². The van der Waals surface area contributed by atoms with Crippen molar-refractivity contribution in [2.75, 3.05) is 5.32 Å². The highest BCUT2D eigenvalue weighted by Crippen LogP contribution is 2.47. The van der Waals surface area contributed by atoms with E-state index in [1.54, 1.807) is 0 Å². The van der Waals surface area contributed by atoms with E-state index in [2.05, 4.69) is 24.3 Å². The molecule has 1 aromatic carbocycles. The first-order valence-corrected chi connectivity index (χ1v) is 11.7. The summed E-state index contributed by atoms with van der Waals surface area (Å²) in [7, 11) is 0. The number of anilines is 1. The van der Waals surface area contributed by atoms with Crippen molar-refractivity contribution >= 4 is 17.6 Å². The molecule has 1 amide bonds. The average molecular weight is 441 g/mol. The number of rotatable bonds is 10. The van der Waals surface area contributed by atoms with Gasteiger partial charge in [-0.25, -0.2) is 0 Å². The lowest BCUT2D eigenvalue weighted by atomic mass is 9.69. The van der Waals surface area contributed by atoms with Gasteiger partial charge < -0.3 is 14.9 Å². The zero-order chi connectivity index (χ0) is 23.4. The molecule has 1 aliphatic rings. The van der Waals surface area contributed by atoms with Gasteiger partial charge in [-0.05, 0) is 63.0 Å². The van der Waals surface area contributed by atoms with Crippen LogP contribution in [0.2, 0.25) is 0 Å². The maximum atomic E-state index is 12.8. The number of carbonyl (C=O) groups excluding carboxylic acids is 1. The largest absolute Gasteiger partial charge is 0.481 e. The molecule has 6 nitrogen and oxygen atoms in total. The van der Waals surface area contributed by atoms with E-state index in [-0.39, 0.29) is 18.7 Å². The third-order valence-electron chi connectivity index (χ3n) is 6.51. The molecule has 0 aliphatic heterocycles. The number of benzene rings is 1. The van der Waals surface area contributed by atoms with Gasteiger partial charge in [0, 0.05) is 29.5 Å². The number of carbonyl (C=O) groups is 2. The normalized spacial score (nSPS) is 18.9. The lowest BCUT2D eigenvalue weighted by molar-refractivity contribution is -0.137. The minimum absolute atomic E-state index is 0.0548. The molecule has 2 aromatic rings. The zero-order valence-electron chi connectivity index (χ0n) is 19.9. The Hall–Kier alpha value is -2.63. The highest BCUT2D eigenvalue weighted by Gasteiger charge is 2.37. The summed E-state index contributed by atoms with van der Waals surface area (Å²) in [5, 5.41) is 16.7. The molecule has 1 fully saturated rings. The molecule has 0 bridgehead atoms. The lowest BCUT2D eigenvalue weighted by Gasteiger charge is -2.35. The van der Waals surface area contributed by atoms with Crippen molar-refractivity contribution in [3.8, 4) is 0 Å². The third-order valence-corrected chi connectivity index (χ3v) is 6.51. The quantitative estimate of drug-likeness (QED) is 0.474. The van der Waals surface area contributed by atoms with Crippen molar-refractivity contribution in [2.45, 2.75) is 85.0 Å². The van der Waals surface area contributed by atoms with Crippen molar-refractivity contribution in [2.24, 2.45) is 11.8 Å². The van der Waals surface area contributed by atoms with Crippen LogP contribution in [-0.4, -0.2) is 22.1 Å². The van der Waals surface area contributed by atoms with E-state index in [1.165, 1.54) is 6.42 Å². The van der Waals surface area contributed by atoms with Crippen molar-refractivity contribution < 1.29 is 19.2 Å². The highest BCUT2D eigenvalue weighted by molar-refractivity contribution is 5.92. The van der Waals surface area contributed by atoms with E-state index in [0.29, 0.717) is 24.0 Å². The van der Waals surface area contributed by atoms with Gasteiger partial charge in [0.05, 0.1) is 12.1 Å². The number of amides is 1. The second-order valence-corrected chi connectivity index (χ2v) is 9.79. The second-order valence-electron chi connectivity index (χ2n) is 9.79. The first-order valence-electron chi connectivity index (χ1n) is 11.7. The molecule has 3 rings (SSSR count). The Bertz CT molecular complexity index is 957. The third kappa shape index (κ3) is 5.78. The van der Waals surface area contributed by atoms with Gasteiger partial charge in [-0.1, -0.05) is 43.6 Å². The van der Waals surface area contributed by atoms with Crippen LogP contribution < -0.4 is 5.32 Å². The summed E-state index contributed by atoms with van der Waals surface area (Å²) in [6.07, 6.45) is 4.03.